The number of rotatable bonds is 2. The Hall–Kier alpha value is -2.18. The minimum absolute atomic E-state index is 0.243. The Labute approximate surface area is 111 Å². The molecule has 2 N–H and O–H groups in total. The molecule has 0 amide bonds. The number of imidazole rings is 1. The molecule has 3 rings (SSSR count). The molecule has 3 heterocycles. The first-order valence-corrected chi connectivity index (χ1v) is 6.47. The van der Waals surface area contributed by atoms with Gasteiger partial charge < -0.3 is 10.6 Å². The third-order valence-electron chi connectivity index (χ3n) is 3.30. The van der Waals surface area contributed by atoms with E-state index in [0.29, 0.717) is 17.8 Å². The molecule has 1 unspecified atom stereocenters. The van der Waals surface area contributed by atoms with Crippen molar-refractivity contribution in [1.82, 2.24) is 24.5 Å². The van der Waals surface area contributed by atoms with E-state index in [1.165, 1.54) is 6.42 Å². The molecule has 0 saturated carbocycles. The van der Waals surface area contributed by atoms with Crippen LogP contribution in [0.4, 0.5) is 11.9 Å². The lowest BCUT2D eigenvalue weighted by Gasteiger charge is -2.30. The zero-order valence-corrected chi connectivity index (χ0v) is 10.9. The number of nitrogens with two attached hydrogens (primary N) is 1. The zero-order valence-electron chi connectivity index (χ0n) is 10.9. The highest BCUT2D eigenvalue weighted by Crippen LogP contribution is 2.20. The lowest BCUT2D eigenvalue weighted by atomic mass is 10.0. The SMILES string of the molecule is CC1CCCN(c2nc(N)nc(-n3ccnc3)n2)C1. The molecule has 1 fully saturated rings. The smallest absolute Gasteiger partial charge is 0.241 e. The van der Waals surface area contributed by atoms with Crippen LogP contribution in [0, 0.1) is 5.92 Å². The second-order valence-electron chi connectivity index (χ2n) is 4.96. The van der Waals surface area contributed by atoms with Crippen molar-refractivity contribution in [2.45, 2.75) is 19.8 Å². The molecule has 2 aromatic heterocycles. The van der Waals surface area contributed by atoms with E-state index in [0.717, 1.165) is 19.5 Å². The molecule has 0 bridgehead atoms. The molecule has 1 aliphatic heterocycles. The standard InChI is InChI=1S/C12H17N7/c1-9-3-2-5-18(7-9)11-15-10(13)16-12(17-11)19-6-4-14-8-19/h4,6,8-9H,2-3,5,7H2,1H3,(H2,13,15,16,17). The minimum Gasteiger partial charge on any atom is -0.368 e. The van der Waals surface area contributed by atoms with Gasteiger partial charge in [0.2, 0.25) is 17.8 Å². The Balaban J connectivity index is 1.93. The molecule has 2 aromatic rings. The maximum Gasteiger partial charge on any atom is 0.241 e. The Morgan fingerprint density at radius 3 is 2.84 bits per heavy atom. The van der Waals surface area contributed by atoms with Crippen molar-refractivity contribution in [3.05, 3.63) is 18.7 Å². The van der Waals surface area contributed by atoms with Crippen LogP contribution in [0.3, 0.4) is 0 Å². The molecule has 7 heteroatoms. The van der Waals surface area contributed by atoms with Crippen LogP contribution in [0.1, 0.15) is 19.8 Å². The first-order valence-electron chi connectivity index (χ1n) is 6.47. The van der Waals surface area contributed by atoms with Crippen LogP contribution < -0.4 is 10.6 Å². The molecule has 7 nitrogen and oxygen atoms in total. The summed E-state index contributed by atoms with van der Waals surface area (Å²) in [6.07, 6.45) is 7.54. The average molecular weight is 259 g/mol. The van der Waals surface area contributed by atoms with Crippen LogP contribution >= 0.6 is 0 Å². The van der Waals surface area contributed by atoms with Gasteiger partial charge in [-0.3, -0.25) is 4.57 Å². The number of aromatic nitrogens is 5. The van der Waals surface area contributed by atoms with Gasteiger partial charge in [0.05, 0.1) is 0 Å². The second-order valence-corrected chi connectivity index (χ2v) is 4.96. The predicted molar refractivity (Wildman–Crippen MR) is 72.0 cm³/mol. The quantitative estimate of drug-likeness (QED) is 0.861. The molecule has 19 heavy (non-hydrogen) atoms. The maximum atomic E-state index is 5.78. The van der Waals surface area contributed by atoms with E-state index < -0.39 is 0 Å². The van der Waals surface area contributed by atoms with Crippen molar-refractivity contribution in [1.29, 1.82) is 0 Å². The normalized spacial score (nSPS) is 19.6. The molecular formula is C12H17N7. The Kier molecular flexibility index (Phi) is 3.02. The zero-order chi connectivity index (χ0) is 13.2. The van der Waals surface area contributed by atoms with E-state index in [2.05, 4.69) is 31.8 Å². The van der Waals surface area contributed by atoms with Crippen LogP contribution in [0.2, 0.25) is 0 Å². The lowest BCUT2D eigenvalue weighted by molar-refractivity contribution is 0.441. The molecule has 0 aromatic carbocycles. The van der Waals surface area contributed by atoms with E-state index >= 15 is 0 Å². The molecule has 0 spiro atoms. The topological polar surface area (TPSA) is 85.8 Å². The van der Waals surface area contributed by atoms with Crippen molar-refractivity contribution in [2.24, 2.45) is 5.92 Å². The summed E-state index contributed by atoms with van der Waals surface area (Å²) in [6, 6.07) is 0. The van der Waals surface area contributed by atoms with Crippen molar-refractivity contribution in [3.63, 3.8) is 0 Å². The largest absolute Gasteiger partial charge is 0.368 e. The third-order valence-corrected chi connectivity index (χ3v) is 3.30. The van der Waals surface area contributed by atoms with Gasteiger partial charge in [0, 0.05) is 25.5 Å². The summed E-state index contributed by atoms with van der Waals surface area (Å²) in [4.78, 5) is 19.0. The van der Waals surface area contributed by atoms with Gasteiger partial charge in [-0.15, -0.1) is 0 Å². The van der Waals surface area contributed by atoms with Gasteiger partial charge in [-0.2, -0.15) is 15.0 Å². The molecule has 0 radical (unpaired) electrons. The Bertz CT molecular complexity index is 551. The molecule has 0 aliphatic carbocycles. The van der Waals surface area contributed by atoms with Crippen LogP contribution in [-0.2, 0) is 0 Å². The van der Waals surface area contributed by atoms with Crippen LogP contribution in [-0.4, -0.2) is 37.6 Å². The second kappa shape index (κ2) is 4.83. The highest BCUT2D eigenvalue weighted by Gasteiger charge is 2.20. The van der Waals surface area contributed by atoms with Crippen LogP contribution in [0.15, 0.2) is 18.7 Å². The van der Waals surface area contributed by atoms with E-state index in [1.807, 2.05) is 0 Å². The highest BCUT2D eigenvalue weighted by molar-refractivity contribution is 5.38. The van der Waals surface area contributed by atoms with Gasteiger partial charge >= 0.3 is 0 Å². The Morgan fingerprint density at radius 1 is 1.26 bits per heavy atom. The number of hydrogen-bond donors (Lipinski definition) is 1. The first kappa shape index (κ1) is 11.9. The first-order chi connectivity index (χ1) is 9.22. The molecule has 1 atom stereocenters. The summed E-state index contributed by atoms with van der Waals surface area (Å²) >= 11 is 0. The van der Waals surface area contributed by atoms with Gasteiger partial charge in [-0.05, 0) is 18.8 Å². The predicted octanol–water partition coefficient (Wildman–Crippen LogP) is 0.876. The monoisotopic (exact) mass is 259 g/mol. The van der Waals surface area contributed by atoms with Gasteiger partial charge in [0.15, 0.2) is 0 Å². The van der Waals surface area contributed by atoms with Gasteiger partial charge in [-0.1, -0.05) is 6.92 Å². The number of nitrogen functional groups attached to an aromatic ring is 1. The lowest BCUT2D eigenvalue weighted by Crippen LogP contribution is -2.35. The van der Waals surface area contributed by atoms with Crippen LogP contribution in [0.5, 0.6) is 0 Å². The maximum absolute atomic E-state index is 5.78. The molecule has 100 valence electrons. The van der Waals surface area contributed by atoms with E-state index in [4.69, 9.17) is 5.73 Å². The summed E-state index contributed by atoms with van der Waals surface area (Å²) in [5, 5.41) is 0. The van der Waals surface area contributed by atoms with Gasteiger partial charge in [0.25, 0.3) is 0 Å². The van der Waals surface area contributed by atoms with Gasteiger partial charge in [0.1, 0.15) is 6.33 Å². The summed E-state index contributed by atoms with van der Waals surface area (Å²) in [6.45, 7) is 4.18. The number of anilines is 2. The summed E-state index contributed by atoms with van der Waals surface area (Å²) in [7, 11) is 0. The minimum atomic E-state index is 0.243. The Morgan fingerprint density at radius 2 is 2.11 bits per heavy atom. The summed E-state index contributed by atoms with van der Waals surface area (Å²) in [5.41, 5.74) is 5.78. The fraction of sp³-hybridized carbons (Fsp3) is 0.500. The molecule has 1 aliphatic rings. The van der Waals surface area contributed by atoms with Crippen molar-refractivity contribution in [2.75, 3.05) is 23.7 Å². The fourth-order valence-corrected chi connectivity index (χ4v) is 2.37. The van der Waals surface area contributed by atoms with Crippen molar-refractivity contribution < 1.29 is 0 Å². The van der Waals surface area contributed by atoms with Crippen molar-refractivity contribution in [3.8, 4) is 5.95 Å². The number of piperidine rings is 1. The van der Waals surface area contributed by atoms with Crippen LogP contribution in [0.25, 0.3) is 5.95 Å². The van der Waals surface area contributed by atoms with E-state index in [9.17, 15) is 0 Å². The number of hydrogen-bond acceptors (Lipinski definition) is 6. The van der Waals surface area contributed by atoms with E-state index in [-0.39, 0.29) is 5.95 Å². The summed E-state index contributed by atoms with van der Waals surface area (Å²) < 4.78 is 1.73. The average Bonchev–Trinajstić information content (AvgIpc) is 2.92. The number of nitrogens with zero attached hydrogens (tertiary/aromatic N) is 6. The highest BCUT2D eigenvalue weighted by atomic mass is 15.3. The summed E-state index contributed by atoms with van der Waals surface area (Å²) in [5.74, 6) is 2.07. The van der Waals surface area contributed by atoms with Crippen molar-refractivity contribution >= 4 is 11.9 Å². The fourth-order valence-electron chi connectivity index (χ4n) is 2.37. The molecule has 1 saturated heterocycles. The molecular weight excluding hydrogens is 242 g/mol. The third kappa shape index (κ3) is 2.49. The van der Waals surface area contributed by atoms with E-state index in [1.54, 1.807) is 23.3 Å². The van der Waals surface area contributed by atoms with Gasteiger partial charge in [-0.25, -0.2) is 4.98 Å².